The van der Waals surface area contributed by atoms with Crippen LogP contribution in [0.2, 0.25) is 10.0 Å². The van der Waals surface area contributed by atoms with Crippen LogP contribution in [0.3, 0.4) is 0 Å². The molecule has 3 aromatic carbocycles. The van der Waals surface area contributed by atoms with Gasteiger partial charge in [-0.2, -0.15) is 5.10 Å². The zero-order chi connectivity index (χ0) is 22.2. The van der Waals surface area contributed by atoms with E-state index in [0.29, 0.717) is 27.6 Å². The standard InChI is InChI=1S/C22H15BrCl2N2O4/c23-16-8-6-15(7-9-16)22(29)31-17-10-4-14(5-11-17)12-26-27-20(28)13-30-19-3-1-2-18(24)21(19)25/h1-12H,13H2,(H,27,28). The molecule has 9 heteroatoms. The van der Waals surface area contributed by atoms with Gasteiger partial charge in [-0.3, -0.25) is 4.79 Å². The third kappa shape index (κ3) is 6.82. The maximum atomic E-state index is 12.1. The summed E-state index contributed by atoms with van der Waals surface area (Å²) in [5.41, 5.74) is 3.49. The van der Waals surface area contributed by atoms with Gasteiger partial charge in [0.1, 0.15) is 16.5 Å². The maximum absolute atomic E-state index is 12.1. The van der Waals surface area contributed by atoms with Crippen LogP contribution in [0.5, 0.6) is 11.5 Å². The minimum Gasteiger partial charge on any atom is -0.482 e. The molecule has 3 rings (SSSR count). The van der Waals surface area contributed by atoms with E-state index in [-0.39, 0.29) is 11.6 Å². The van der Waals surface area contributed by atoms with Crippen LogP contribution in [0.4, 0.5) is 0 Å². The van der Waals surface area contributed by atoms with Crippen molar-refractivity contribution in [3.8, 4) is 11.5 Å². The molecular weight excluding hydrogens is 507 g/mol. The molecule has 0 atom stereocenters. The fourth-order valence-corrected chi connectivity index (χ4v) is 2.93. The summed E-state index contributed by atoms with van der Waals surface area (Å²) in [6.07, 6.45) is 1.45. The molecular formula is C22H15BrCl2N2O4. The molecule has 1 N–H and O–H groups in total. The van der Waals surface area contributed by atoms with Gasteiger partial charge in [-0.05, 0) is 66.2 Å². The molecule has 31 heavy (non-hydrogen) atoms. The number of hydrogen-bond donors (Lipinski definition) is 1. The highest BCUT2D eigenvalue weighted by Crippen LogP contribution is 2.31. The molecule has 0 saturated carbocycles. The molecule has 1 amide bonds. The fraction of sp³-hybridized carbons (Fsp3) is 0.0455. The van der Waals surface area contributed by atoms with Gasteiger partial charge in [0.2, 0.25) is 0 Å². The zero-order valence-electron chi connectivity index (χ0n) is 15.8. The molecule has 6 nitrogen and oxygen atoms in total. The summed E-state index contributed by atoms with van der Waals surface area (Å²) in [5, 5.41) is 4.44. The van der Waals surface area contributed by atoms with Crippen molar-refractivity contribution in [2.24, 2.45) is 5.10 Å². The van der Waals surface area contributed by atoms with Crippen molar-refractivity contribution in [2.75, 3.05) is 6.61 Å². The number of ether oxygens (including phenoxy) is 2. The topological polar surface area (TPSA) is 77.0 Å². The molecule has 0 aliphatic carbocycles. The van der Waals surface area contributed by atoms with Crippen LogP contribution in [0.15, 0.2) is 76.3 Å². The number of hydrazone groups is 1. The van der Waals surface area contributed by atoms with Crippen molar-refractivity contribution in [3.63, 3.8) is 0 Å². The maximum Gasteiger partial charge on any atom is 0.343 e. The van der Waals surface area contributed by atoms with Crippen LogP contribution in [0, 0.1) is 0 Å². The number of carbonyl (C=O) groups excluding carboxylic acids is 2. The van der Waals surface area contributed by atoms with Gasteiger partial charge in [0.15, 0.2) is 6.61 Å². The SMILES string of the molecule is O=C(COc1cccc(Cl)c1Cl)NN=Cc1ccc(OC(=O)c2ccc(Br)cc2)cc1. The van der Waals surface area contributed by atoms with E-state index in [9.17, 15) is 9.59 Å². The van der Waals surface area contributed by atoms with Gasteiger partial charge in [-0.25, -0.2) is 10.2 Å². The Morgan fingerprint density at radius 1 is 1.00 bits per heavy atom. The third-order valence-corrected chi connectivity index (χ3v) is 5.18. The molecule has 3 aromatic rings. The Hall–Kier alpha value is -2.87. The van der Waals surface area contributed by atoms with Gasteiger partial charge in [0.05, 0.1) is 16.8 Å². The van der Waals surface area contributed by atoms with Crippen molar-refractivity contribution in [3.05, 3.63) is 92.4 Å². The molecule has 0 aliphatic heterocycles. The number of amides is 1. The Balaban J connectivity index is 1.47. The summed E-state index contributed by atoms with van der Waals surface area (Å²) >= 11 is 15.2. The van der Waals surface area contributed by atoms with Crippen LogP contribution in [-0.2, 0) is 4.79 Å². The van der Waals surface area contributed by atoms with Crippen molar-refractivity contribution in [2.45, 2.75) is 0 Å². The number of carbonyl (C=O) groups is 2. The second kappa shape index (κ2) is 10.9. The molecule has 0 saturated heterocycles. The van der Waals surface area contributed by atoms with E-state index in [0.717, 1.165) is 4.47 Å². The molecule has 0 bridgehead atoms. The molecule has 0 spiro atoms. The summed E-state index contributed by atoms with van der Waals surface area (Å²) in [5.74, 6) is -0.226. The number of benzene rings is 3. The van der Waals surface area contributed by atoms with Crippen molar-refractivity contribution in [1.82, 2.24) is 5.43 Å². The number of halogens is 3. The zero-order valence-corrected chi connectivity index (χ0v) is 18.9. The van der Waals surface area contributed by atoms with Gasteiger partial charge in [-0.15, -0.1) is 0 Å². The molecule has 158 valence electrons. The van der Waals surface area contributed by atoms with E-state index in [4.69, 9.17) is 32.7 Å². The summed E-state index contributed by atoms with van der Waals surface area (Å²) in [7, 11) is 0. The Labute approximate surface area is 196 Å². The first kappa shape index (κ1) is 22.8. The minimum absolute atomic E-state index is 0.237. The first-order valence-corrected chi connectivity index (χ1v) is 10.4. The van der Waals surface area contributed by atoms with Crippen LogP contribution >= 0.6 is 39.1 Å². The third-order valence-electron chi connectivity index (χ3n) is 3.85. The first-order chi connectivity index (χ1) is 14.9. The van der Waals surface area contributed by atoms with Gasteiger partial charge in [0, 0.05) is 4.47 Å². The number of nitrogens with one attached hydrogen (secondary N) is 1. The normalized spacial score (nSPS) is 10.7. The highest BCUT2D eigenvalue weighted by atomic mass is 79.9. The van der Waals surface area contributed by atoms with Crippen molar-refractivity contribution >= 4 is 57.2 Å². The lowest BCUT2D eigenvalue weighted by Gasteiger charge is -2.07. The van der Waals surface area contributed by atoms with Crippen LogP contribution in [0.25, 0.3) is 0 Å². The predicted molar refractivity (Wildman–Crippen MR) is 123 cm³/mol. The first-order valence-electron chi connectivity index (χ1n) is 8.89. The van der Waals surface area contributed by atoms with Gasteiger partial charge < -0.3 is 9.47 Å². The Bertz CT molecular complexity index is 1100. The van der Waals surface area contributed by atoms with E-state index in [1.807, 2.05) is 0 Å². The quantitative estimate of drug-likeness (QED) is 0.192. The van der Waals surface area contributed by atoms with E-state index < -0.39 is 11.9 Å². The van der Waals surface area contributed by atoms with E-state index in [1.54, 1.807) is 66.7 Å². The van der Waals surface area contributed by atoms with Gasteiger partial charge in [-0.1, -0.05) is 45.2 Å². The Morgan fingerprint density at radius 3 is 2.42 bits per heavy atom. The summed E-state index contributed by atoms with van der Waals surface area (Å²) < 4.78 is 11.5. The highest BCUT2D eigenvalue weighted by molar-refractivity contribution is 9.10. The number of nitrogens with zero attached hydrogens (tertiary/aromatic N) is 1. The summed E-state index contributed by atoms with van der Waals surface area (Å²) in [6.45, 7) is -0.275. The highest BCUT2D eigenvalue weighted by Gasteiger charge is 2.09. The minimum atomic E-state index is -0.465. The van der Waals surface area contributed by atoms with Crippen LogP contribution < -0.4 is 14.9 Å². The van der Waals surface area contributed by atoms with E-state index in [1.165, 1.54) is 6.21 Å². The smallest absolute Gasteiger partial charge is 0.343 e. The van der Waals surface area contributed by atoms with Crippen molar-refractivity contribution in [1.29, 1.82) is 0 Å². The molecule has 0 aliphatic rings. The van der Waals surface area contributed by atoms with Crippen molar-refractivity contribution < 1.29 is 19.1 Å². The van der Waals surface area contributed by atoms with E-state index in [2.05, 4.69) is 26.5 Å². The summed E-state index contributed by atoms with van der Waals surface area (Å²) in [4.78, 5) is 24.0. The fourth-order valence-electron chi connectivity index (χ4n) is 2.32. The predicted octanol–water partition coefficient (Wildman–Crippen LogP) is 5.50. The molecule has 0 unspecified atom stereocenters. The lowest BCUT2D eigenvalue weighted by Crippen LogP contribution is -2.24. The average Bonchev–Trinajstić information content (AvgIpc) is 2.76. The van der Waals surface area contributed by atoms with Gasteiger partial charge >= 0.3 is 5.97 Å². The lowest BCUT2D eigenvalue weighted by atomic mass is 10.2. The van der Waals surface area contributed by atoms with Crippen LogP contribution in [0.1, 0.15) is 15.9 Å². The number of hydrogen-bond acceptors (Lipinski definition) is 5. The number of rotatable bonds is 7. The Morgan fingerprint density at radius 2 is 1.71 bits per heavy atom. The average molecular weight is 522 g/mol. The Kier molecular flexibility index (Phi) is 8.06. The largest absolute Gasteiger partial charge is 0.482 e. The summed E-state index contributed by atoms with van der Waals surface area (Å²) in [6, 6.07) is 18.4. The van der Waals surface area contributed by atoms with Gasteiger partial charge in [0.25, 0.3) is 5.91 Å². The van der Waals surface area contributed by atoms with E-state index >= 15 is 0 Å². The lowest BCUT2D eigenvalue weighted by molar-refractivity contribution is -0.123. The van der Waals surface area contributed by atoms with Crippen LogP contribution in [-0.4, -0.2) is 24.7 Å². The molecule has 0 fully saturated rings. The second-order valence-electron chi connectivity index (χ2n) is 6.10. The molecule has 0 heterocycles. The number of esters is 1. The molecule has 0 radical (unpaired) electrons. The second-order valence-corrected chi connectivity index (χ2v) is 7.80. The monoisotopic (exact) mass is 520 g/mol. The molecule has 0 aromatic heterocycles.